The fourth-order valence-corrected chi connectivity index (χ4v) is 2.10. The van der Waals surface area contributed by atoms with Crippen LogP contribution in [0.25, 0.3) is 0 Å². The number of carbonyl (C=O) groups is 5. The van der Waals surface area contributed by atoms with Crippen LogP contribution in [0.2, 0.25) is 0 Å². The molecule has 0 saturated carbocycles. The van der Waals surface area contributed by atoms with E-state index in [0.717, 1.165) is 17.1 Å². The van der Waals surface area contributed by atoms with Gasteiger partial charge in [0.1, 0.15) is 17.0 Å². The van der Waals surface area contributed by atoms with Crippen LogP contribution >= 0.6 is 0 Å². The molecule has 0 unspecified atom stereocenters. The van der Waals surface area contributed by atoms with Gasteiger partial charge in [-0.15, -0.1) is 0 Å². The smallest absolute Gasteiger partial charge is 0.273 e. The molecule has 1 aromatic rings. The highest BCUT2D eigenvalue weighted by Crippen LogP contribution is 2.22. The lowest BCUT2D eigenvalue weighted by atomic mass is 10.0. The summed E-state index contributed by atoms with van der Waals surface area (Å²) in [6.07, 6.45) is 0. The van der Waals surface area contributed by atoms with Crippen molar-refractivity contribution in [1.82, 2.24) is 16.1 Å². The monoisotopic (exact) mass is 318 g/mol. The maximum absolute atomic E-state index is 12.9. The predicted molar refractivity (Wildman–Crippen MR) is 70.7 cm³/mol. The van der Waals surface area contributed by atoms with Crippen LogP contribution in [0.5, 0.6) is 0 Å². The first-order valence-electron chi connectivity index (χ1n) is 6.20. The van der Waals surface area contributed by atoms with Gasteiger partial charge >= 0.3 is 6.03 Å². The largest absolute Gasteiger partial charge is 0.328 e. The zero-order valence-electron chi connectivity index (χ0n) is 11.2. The second kappa shape index (κ2) is 5.02. The lowest BCUT2D eigenvalue weighted by Gasteiger charge is -2.15. The Morgan fingerprint density at radius 3 is 1.91 bits per heavy atom. The van der Waals surface area contributed by atoms with Gasteiger partial charge in [0, 0.05) is 0 Å². The highest BCUT2D eigenvalue weighted by Gasteiger charge is 2.43. The zero-order chi connectivity index (χ0) is 16.7. The number of benzene rings is 1. The van der Waals surface area contributed by atoms with Gasteiger partial charge in [-0.3, -0.25) is 35.2 Å². The van der Waals surface area contributed by atoms with E-state index in [-0.39, 0.29) is 5.69 Å². The molecule has 23 heavy (non-hydrogen) atoms. The predicted octanol–water partition coefficient (Wildman–Crippen LogP) is -1.13. The lowest BCUT2D eigenvalue weighted by molar-refractivity contribution is -0.126. The van der Waals surface area contributed by atoms with Gasteiger partial charge in [0.15, 0.2) is 0 Å². The summed E-state index contributed by atoms with van der Waals surface area (Å²) in [4.78, 5) is 58.7. The molecule has 0 atom stereocenters. The van der Waals surface area contributed by atoms with Crippen LogP contribution < -0.4 is 21.1 Å². The number of imide groups is 2. The number of nitrogens with one attached hydrogen (secondary N) is 3. The Morgan fingerprint density at radius 1 is 0.783 bits per heavy atom. The van der Waals surface area contributed by atoms with E-state index in [1.54, 1.807) is 10.6 Å². The molecule has 1 aromatic carbocycles. The number of nitrogens with zero attached hydrogens (tertiary/aromatic N) is 1. The summed E-state index contributed by atoms with van der Waals surface area (Å²) in [7, 11) is 0. The van der Waals surface area contributed by atoms with E-state index in [1.807, 2.05) is 0 Å². The summed E-state index contributed by atoms with van der Waals surface area (Å²) in [6, 6.07) is 3.54. The molecule has 2 saturated heterocycles. The number of halogens is 1. The van der Waals surface area contributed by atoms with E-state index in [0.29, 0.717) is 0 Å². The Balaban J connectivity index is 2.03. The molecule has 2 fully saturated rings. The zero-order valence-corrected chi connectivity index (χ0v) is 11.2. The van der Waals surface area contributed by atoms with Gasteiger partial charge in [0.2, 0.25) is 0 Å². The van der Waals surface area contributed by atoms with Crippen LogP contribution in [0.4, 0.5) is 14.9 Å². The van der Waals surface area contributed by atoms with Crippen molar-refractivity contribution in [3.63, 3.8) is 0 Å². The van der Waals surface area contributed by atoms with Crippen molar-refractivity contribution in [3.05, 3.63) is 41.2 Å². The van der Waals surface area contributed by atoms with Crippen molar-refractivity contribution in [2.24, 2.45) is 0 Å². The fourth-order valence-electron chi connectivity index (χ4n) is 2.10. The molecule has 0 radical (unpaired) electrons. The minimum absolute atomic E-state index is 0.132. The van der Waals surface area contributed by atoms with E-state index in [9.17, 15) is 28.4 Å². The molecule has 10 heteroatoms. The topological polar surface area (TPSA) is 125 Å². The average Bonchev–Trinajstić information content (AvgIpc) is 2.75. The van der Waals surface area contributed by atoms with E-state index < -0.39 is 46.6 Å². The Hall–Kier alpha value is -3.56. The molecule has 3 N–H and O–H groups in total. The maximum atomic E-state index is 12.9. The van der Waals surface area contributed by atoms with Gasteiger partial charge in [0.25, 0.3) is 23.6 Å². The minimum Gasteiger partial charge on any atom is -0.273 e. The standard InChI is InChI=1S/C13H7FN4O5/c14-5-1-3-6(4-2-5)18-12(22)8(11(21)17-18)7-9(19)15-13(23)16-10(7)20/h1-4H,(H,17,21)(H2,15,16,19,20,23). The number of hydrazine groups is 1. The van der Waals surface area contributed by atoms with Gasteiger partial charge < -0.3 is 0 Å². The normalized spacial score (nSPS) is 18.1. The molecule has 2 aliphatic rings. The maximum Gasteiger partial charge on any atom is 0.328 e. The second-order valence-electron chi connectivity index (χ2n) is 4.55. The van der Waals surface area contributed by atoms with E-state index in [2.05, 4.69) is 5.43 Å². The summed E-state index contributed by atoms with van der Waals surface area (Å²) in [6.45, 7) is 0. The third kappa shape index (κ3) is 2.31. The summed E-state index contributed by atoms with van der Waals surface area (Å²) in [5.41, 5.74) is 0.813. The lowest BCUT2D eigenvalue weighted by Crippen LogP contribution is -2.52. The molecule has 0 spiro atoms. The molecular formula is C13H7FN4O5. The second-order valence-corrected chi connectivity index (χ2v) is 4.55. The number of rotatable bonds is 1. The SMILES string of the molecule is O=C1NC(=O)C(=C2C(=O)NN(c3ccc(F)cc3)C2=O)C(=O)N1. The Kier molecular flexibility index (Phi) is 3.14. The minimum atomic E-state index is -1.15. The van der Waals surface area contributed by atoms with Crippen LogP contribution in [-0.2, 0) is 19.2 Å². The summed E-state index contributed by atoms with van der Waals surface area (Å²) in [5, 5.41) is 4.31. The van der Waals surface area contributed by atoms with E-state index >= 15 is 0 Å². The van der Waals surface area contributed by atoms with Crippen molar-refractivity contribution in [2.75, 3.05) is 5.01 Å². The van der Waals surface area contributed by atoms with Crippen molar-refractivity contribution >= 4 is 35.3 Å². The summed E-state index contributed by atoms with van der Waals surface area (Å²) >= 11 is 0. The van der Waals surface area contributed by atoms with Crippen LogP contribution in [0.3, 0.4) is 0 Å². The quantitative estimate of drug-likeness (QED) is 0.446. The summed E-state index contributed by atoms with van der Waals surface area (Å²) in [5.74, 6) is -4.82. The van der Waals surface area contributed by atoms with Gasteiger partial charge in [-0.25, -0.2) is 14.2 Å². The van der Waals surface area contributed by atoms with Crippen molar-refractivity contribution < 1.29 is 28.4 Å². The Morgan fingerprint density at radius 2 is 1.35 bits per heavy atom. The number of amides is 6. The van der Waals surface area contributed by atoms with Crippen molar-refractivity contribution in [2.45, 2.75) is 0 Å². The molecular weight excluding hydrogens is 311 g/mol. The third-order valence-electron chi connectivity index (χ3n) is 3.10. The summed E-state index contributed by atoms with van der Waals surface area (Å²) < 4.78 is 12.9. The van der Waals surface area contributed by atoms with Gasteiger partial charge in [-0.2, -0.15) is 0 Å². The van der Waals surface area contributed by atoms with Crippen LogP contribution in [0, 0.1) is 5.82 Å². The van der Waals surface area contributed by atoms with Gasteiger partial charge in [0.05, 0.1) is 5.69 Å². The molecule has 2 aliphatic heterocycles. The molecule has 0 aromatic heterocycles. The number of hydrogen-bond donors (Lipinski definition) is 3. The molecule has 116 valence electrons. The first-order chi connectivity index (χ1) is 10.9. The first kappa shape index (κ1) is 14.4. The van der Waals surface area contributed by atoms with E-state index in [4.69, 9.17) is 0 Å². The number of carbonyl (C=O) groups excluding carboxylic acids is 5. The molecule has 0 aliphatic carbocycles. The Labute approximate surface area is 127 Å². The van der Waals surface area contributed by atoms with Crippen LogP contribution in [-0.4, -0.2) is 29.7 Å². The molecule has 6 amide bonds. The molecule has 9 nitrogen and oxygen atoms in total. The van der Waals surface area contributed by atoms with Crippen molar-refractivity contribution in [1.29, 1.82) is 0 Å². The van der Waals surface area contributed by atoms with E-state index in [1.165, 1.54) is 12.1 Å². The highest BCUT2D eigenvalue weighted by atomic mass is 19.1. The number of urea groups is 1. The highest BCUT2D eigenvalue weighted by molar-refractivity contribution is 6.40. The molecule has 2 heterocycles. The number of anilines is 1. The van der Waals surface area contributed by atoms with Gasteiger partial charge in [-0.05, 0) is 24.3 Å². The third-order valence-corrected chi connectivity index (χ3v) is 3.10. The average molecular weight is 318 g/mol. The van der Waals surface area contributed by atoms with Crippen molar-refractivity contribution in [3.8, 4) is 0 Å². The molecule has 3 rings (SSSR count). The Bertz CT molecular complexity index is 792. The molecule has 0 bridgehead atoms. The van der Waals surface area contributed by atoms with Gasteiger partial charge in [-0.1, -0.05) is 0 Å². The van der Waals surface area contributed by atoms with Crippen LogP contribution in [0.15, 0.2) is 35.4 Å². The number of hydrogen-bond acceptors (Lipinski definition) is 5. The number of barbiturate groups is 1. The van der Waals surface area contributed by atoms with Crippen LogP contribution in [0.1, 0.15) is 0 Å². The first-order valence-corrected chi connectivity index (χ1v) is 6.20. The fraction of sp³-hybridized carbons (Fsp3) is 0.